The predicted molar refractivity (Wildman–Crippen MR) is 86.3 cm³/mol. The molecule has 0 spiro atoms. The fourth-order valence-corrected chi connectivity index (χ4v) is 2.58. The molecule has 4 nitrogen and oxygen atoms in total. The van der Waals surface area contributed by atoms with E-state index >= 15 is 0 Å². The molecule has 4 aromatic rings. The molecule has 0 aliphatic rings. The lowest BCUT2D eigenvalue weighted by Gasteiger charge is -2.05. The Kier molecular flexibility index (Phi) is 3.12. The van der Waals surface area contributed by atoms with E-state index in [-0.39, 0.29) is 0 Å². The third-order valence-corrected chi connectivity index (χ3v) is 3.69. The Labute approximate surface area is 128 Å². The summed E-state index contributed by atoms with van der Waals surface area (Å²) in [5, 5.41) is 13.7. The van der Waals surface area contributed by atoms with Crippen molar-refractivity contribution in [2.75, 3.05) is 0 Å². The van der Waals surface area contributed by atoms with Crippen LogP contribution in [0.25, 0.3) is 22.2 Å². The van der Waals surface area contributed by atoms with Crippen LogP contribution < -0.4 is 0 Å². The molecule has 106 valence electrons. The van der Waals surface area contributed by atoms with Crippen LogP contribution in [0.4, 0.5) is 0 Å². The number of nitrogens with zero attached hydrogens (tertiary/aromatic N) is 4. The second kappa shape index (κ2) is 5.41. The largest absolute Gasteiger partial charge is 0.260 e. The maximum atomic E-state index is 4.51. The lowest BCUT2D eigenvalue weighted by Crippen LogP contribution is -2.00. The molecule has 2 aromatic carbocycles. The minimum absolute atomic E-state index is 0.773. The Morgan fingerprint density at radius 2 is 1.82 bits per heavy atom. The summed E-state index contributed by atoms with van der Waals surface area (Å²) in [5.41, 5.74) is 4.29. The molecule has 4 heteroatoms. The van der Waals surface area contributed by atoms with Gasteiger partial charge in [0.1, 0.15) is 0 Å². The van der Waals surface area contributed by atoms with Gasteiger partial charge in [0.15, 0.2) is 0 Å². The predicted octanol–water partition coefficient (Wildman–Crippen LogP) is 3.54. The molecule has 0 atom stereocenters. The number of rotatable bonds is 3. The summed E-state index contributed by atoms with van der Waals surface area (Å²) in [4.78, 5) is 0. The first kappa shape index (κ1) is 12.7. The average Bonchev–Trinajstić information content (AvgIpc) is 2.99. The van der Waals surface area contributed by atoms with Gasteiger partial charge in [-0.15, -0.1) is 0 Å². The zero-order chi connectivity index (χ0) is 14.8. The topological polar surface area (TPSA) is 43.6 Å². The molecule has 0 N–H and O–H groups in total. The van der Waals surface area contributed by atoms with Gasteiger partial charge in [0.2, 0.25) is 0 Å². The summed E-state index contributed by atoms with van der Waals surface area (Å²) in [7, 11) is 0. The Morgan fingerprint density at radius 1 is 0.909 bits per heavy atom. The third-order valence-electron chi connectivity index (χ3n) is 3.69. The number of aromatic nitrogens is 4. The van der Waals surface area contributed by atoms with Gasteiger partial charge < -0.3 is 0 Å². The van der Waals surface area contributed by atoms with E-state index in [2.05, 4.69) is 45.6 Å². The zero-order valence-electron chi connectivity index (χ0n) is 11.9. The van der Waals surface area contributed by atoms with E-state index in [9.17, 15) is 0 Å². The SMILES string of the molecule is c1ccc(Cn2ncc3cc(-c4cccnn4)ccc32)cc1. The summed E-state index contributed by atoms with van der Waals surface area (Å²) in [6.07, 6.45) is 3.58. The molecule has 0 saturated heterocycles. The number of benzene rings is 2. The first-order chi connectivity index (χ1) is 10.9. The molecule has 0 fully saturated rings. The second-order valence-electron chi connectivity index (χ2n) is 5.17. The number of hydrogen-bond acceptors (Lipinski definition) is 3. The molecule has 0 aliphatic heterocycles. The Morgan fingerprint density at radius 3 is 2.64 bits per heavy atom. The van der Waals surface area contributed by atoms with E-state index in [0.29, 0.717) is 0 Å². The van der Waals surface area contributed by atoms with Crippen LogP contribution in [0.3, 0.4) is 0 Å². The van der Waals surface area contributed by atoms with E-state index in [1.807, 2.05) is 41.2 Å². The van der Waals surface area contributed by atoms with Crippen LogP contribution in [-0.4, -0.2) is 20.0 Å². The van der Waals surface area contributed by atoms with E-state index in [4.69, 9.17) is 0 Å². The Balaban J connectivity index is 1.72. The van der Waals surface area contributed by atoms with Crippen LogP contribution >= 0.6 is 0 Å². The van der Waals surface area contributed by atoms with E-state index in [1.54, 1.807) is 6.20 Å². The first-order valence-corrected chi connectivity index (χ1v) is 7.18. The van der Waals surface area contributed by atoms with Gasteiger partial charge in [-0.1, -0.05) is 36.4 Å². The fraction of sp³-hybridized carbons (Fsp3) is 0.0556. The summed E-state index contributed by atoms with van der Waals surface area (Å²) < 4.78 is 2.02. The minimum atomic E-state index is 0.773. The Hall–Kier alpha value is -3.01. The van der Waals surface area contributed by atoms with Crippen molar-refractivity contribution in [1.82, 2.24) is 20.0 Å². The van der Waals surface area contributed by atoms with Crippen molar-refractivity contribution >= 4 is 10.9 Å². The van der Waals surface area contributed by atoms with Gasteiger partial charge in [0.25, 0.3) is 0 Å². The summed E-state index contributed by atoms with van der Waals surface area (Å²) >= 11 is 0. The van der Waals surface area contributed by atoms with Gasteiger partial charge >= 0.3 is 0 Å². The van der Waals surface area contributed by atoms with Crippen LogP contribution in [0, 0.1) is 0 Å². The molecule has 0 bridgehead atoms. The molecule has 0 radical (unpaired) electrons. The van der Waals surface area contributed by atoms with Crippen molar-refractivity contribution in [1.29, 1.82) is 0 Å². The van der Waals surface area contributed by atoms with Crippen molar-refractivity contribution in [3.05, 3.63) is 78.6 Å². The average molecular weight is 286 g/mol. The molecule has 0 amide bonds. The number of hydrogen-bond donors (Lipinski definition) is 0. The molecular formula is C18H14N4. The molecular weight excluding hydrogens is 272 g/mol. The molecule has 0 unspecified atom stereocenters. The highest BCUT2D eigenvalue weighted by Crippen LogP contribution is 2.23. The zero-order valence-corrected chi connectivity index (χ0v) is 11.9. The van der Waals surface area contributed by atoms with E-state index < -0.39 is 0 Å². The second-order valence-corrected chi connectivity index (χ2v) is 5.17. The highest BCUT2D eigenvalue weighted by atomic mass is 15.3. The van der Waals surface area contributed by atoms with Gasteiger partial charge in [-0.3, -0.25) is 4.68 Å². The minimum Gasteiger partial charge on any atom is -0.260 e. The van der Waals surface area contributed by atoms with Crippen molar-refractivity contribution < 1.29 is 0 Å². The normalized spacial score (nSPS) is 10.9. The molecule has 4 rings (SSSR count). The van der Waals surface area contributed by atoms with Gasteiger partial charge in [-0.25, -0.2) is 0 Å². The van der Waals surface area contributed by atoms with Gasteiger partial charge in [0, 0.05) is 17.1 Å². The van der Waals surface area contributed by atoms with Crippen LogP contribution in [0.2, 0.25) is 0 Å². The quantitative estimate of drug-likeness (QED) is 0.578. The standard InChI is InChI=1S/C18H14N4/c1-2-5-14(6-3-1)13-22-18-9-8-15(11-16(18)12-20-22)17-7-4-10-19-21-17/h1-12H,13H2. The van der Waals surface area contributed by atoms with Crippen LogP contribution in [-0.2, 0) is 6.54 Å². The summed E-state index contributed by atoms with van der Waals surface area (Å²) in [5.74, 6) is 0. The van der Waals surface area contributed by atoms with Crippen LogP contribution in [0.5, 0.6) is 0 Å². The molecule has 22 heavy (non-hydrogen) atoms. The summed E-state index contributed by atoms with van der Waals surface area (Å²) in [6, 6.07) is 20.5. The molecule has 0 aliphatic carbocycles. The third kappa shape index (κ3) is 2.35. The highest BCUT2D eigenvalue weighted by Gasteiger charge is 2.06. The lowest BCUT2D eigenvalue weighted by atomic mass is 10.1. The molecule has 2 aromatic heterocycles. The Bertz CT molecular complexity index is 898. The van der Waals surface area contributed by atoms with Crippen molar-refractivity contribution in [2.45, 2.75) is 6.54 Å². The molecule has 0 saturated carbocycles. The van der Waals surface area contributed by atoms with Crippen molar-refractivity contribution in [3.8, 4) is 11.3 Å². The lowest BCUT2D eigenvalue weighted by molar-refractivity contribution is 0.712. The molecule has 2 heterocycles. The van der Waals surface area contributed by atoms with Crippen molar-refractivity contribution in [3.63, 3.8) is 0 Å². The maximum Gasteiger partial charge on any atom is 0.0929 e. The van der Waals surface area contributed by atoms with Crippen LogP contribution in [0.15, 0.2) is 73.1 Å². The first-order valence-electron chi connectivity index (χ1n) is 7.18. The van der Waals surface area contributed by atoms with Gasteiger partial charge in [-0.05, 0) is 29.8 Å². The van der Waals surface area contributed by atoms with Gasteiger partial charge in [-0.2, -0.15) is 15.3 Å². The van der Waals surface area contributed by atoms with E-state index in [0.717, 1.165) is 28.7 Å². The maximum absolute atomic E-state index is 4.51. The summed E-state index contributed by atoms with van der Waals surface area (Å²) in [6.45, 7) is 0.773. The highest BCUT2D eigenvalue weighted by molar-refractivity contribution is 5.83. The van der Waals surface area contributed by atoms with E-state index in [1.165, 1.54) is 5.56 Å². The van der Waals surface area contributed by atoms with Crippen LogP contribution in [0.1, 0.15) is 5.56 Å². The number of fused-ring (bicyclic) bond motifs is 1. The van der Waals surface area contributed by atoms with Gasteiger partial charge in [0.05, 0.1) is 24.0 Å². The smallest absolute Gasteiger partial charge is 0.0929 e. The fourth-order valence-electron chi connectivity index (χ4n) is 2.58. The van der Waals surface area contributed by atoms with Crippen molar-refractivity contribution in [2.24, 2.45) is 0 Å². The monoisotopic (exact) mass is 286 g/mol.